The molecule has 0 saturated carbocycles. The molecule has 2 amide bonds. The number of carbonyl (C=O) groups is 2. The lowest BCUT2D eigenvalue weighted by Crippen LogP contribution is -2.28. The Balaban J connectivity index is 1.49. The monoisotopic (exact) mass is 458 g/mol. The van der Waals surface area contributed by atoms with Crippen LogP contribution >= 0.6 is 11.8 Å². The average Bonchev–Trinajstić information content (AvgIpc) is 3.20. The lowest BCUT2D eigenvalue weighted by atomic mass is 9.87. The van der Waals surface area contributed by atoms with Gasteiger partial charge in [-0.15, -0.1) is 11.8 Å². The number of rotatable bonds is 5. The van der Waals surface area contributed by atoms with Gasteiger partial charge in [-0.05, 0) is 64.9 Å². The van der Waals surface area contributed by atoms with Crippen LogP contribution in [0, 0.1) is 0 Å². The van der Waals surface area contributed by atoms with Crippen LogP contribution in [0.2, 0.25) is 0 Å². The van der Waals surface area contributed by atoms with Crippen molar-refractivity contribution >= 4 is 35.0 Å². The second-order valence-electron chi connectivity index (χ2n) is 9.35. The summed E-state index contributed by atoms with van der Waals surface area (Å²) in [5, 5.41) is 2.88. The minimum Gasteiger partial charge on any atom is -0.322 e. The molecule has 0 bridgehead atoms. The molecule has 5 heteroatoms. The van der Waals surface area contributed by atoms with E-state index in [1.807, 2.05) is 65.6 Å². The minimum absolute atomic E-state index is 0.0694. The summed E-state index contributed by atoms with van der Waals surface area (Å²) in [7, 11) is 0. The van der Waals surface area contributed by atoms with Gasteiger partial charge in [0.2, 0.25) is 5.91 Å². The van der Waals surface area contributed by atoms with Gasteiger partial charge in [0.05, 0.1) is 5.75 Å². The molecule has 0 unspecified atom stereocenters. The summed E-state index contributed by atoms with van der Waals surface area (Å²) in [6, 6.07) is 23.7. The van der Waals surface area contributed by atoms with Gasteiger partial charge in [-0.1, -0.05) is 64.1 Å². The molecule has 1 saturated heterocycles. The highest BCUT2D eigenvalue weighted by Crippen LogP contribution is 2.42. The maximum Gasteiger partial charge on any atom is 0.255 e. The van der Waals surface area contributed by atoms with Crippen LogP contribution in [0.4, 0.5) is 11.4 Å². The molecule has 4 rings (SSSR count). The van der Waals surface area contributed by atoms with Gasteiger partial charge in [-0.3, -0.25) is 14.5 Å². The fourth-order valence-electron chi connectivity index (χ4n) is 3.90. The molecule has 0 radical (unpaired) electrons. The normalized spacial score (nSPS) is 16.2. The first kappa shape index (κ1) is 23.1. The Kier molecular flexibility index (Phi) is 6.61. The van der Waals surface area contributed by atoms with E-state index in [1.54, 1.807) is 11.8 Å². The summed E-state index contributed by atoms with van der Waals surface area (Å²) in [5.41, 5.74) is 5.84. The molecule has 33 heavy (non-hydrogen) atoms. The molecule has 1 aliphatic heterocycles. The van der Waals surface area contributed by atoms with E-state index in [9.17, 15) is 9.59 Å². The second-order valence-corrected chi connectivity index (χ2v) is 10.4. The van der Waals surface area contributed by atoms with E-state index in [-0.39, 0.29) is 22.6 Å². The van der Waals surface area contributed by atoms with E-state index in [2.05, 4.69) is 45.1 Å². The van der Waals surface area contributed by atoms with Crippen LogP contribution in [0.5, 0.6) is 0 Å². The highest BCUT2D eigenvalue weighted by atomic mass is 32.2. The molecule has 170 valence electrons. The fourth-order valence-corrected chi connectivity index (χ4v) is 5.08. The molecule has 0 aromatic heterocycles. The van der Waals surface area contributed by atoms with Crippen LogP contribution in [0.15, 0.2) is 72.8 Å². The zero-order valence-corrected chi connectivity index (χ0v) is 20.4. The zero-order valence-electron chi connectivity index (χ0n) is 19.6. The van der Waals surface area contributed by atoms with E-state index in [0.29, 0.717) is 11.3 Å². The van der Waals surface area contributed by atoms with E-state index in [0.717, 1.165) is 23.4 Å². The third-order valence-corrected chi connectivity index (χ3v) is 7.17. The van der Waals surface area contributed by atoms with Crippen LogP contribution < -0.4 is 10.2 Å². The smallest absolute Gasteiger partial charge is 0.255 e. The number of hydrogen-bond acceptors (Lipinski definition) is 3. The molecule has 3 aromatic carbocycles. The van der Waals surface area contributed by atoms with E-state index >= 15 is 0 Å². The van der Waals surface area contributed by atoms with Crippen LogP contribution in [-0.4, -0.2) is 17.6 Å². The quantitative estimate of drug-likeness (QED) is 0.470. The van der Waals surface area contributed by atoms with Gasteiger partial charge >= 0.3 is 0 Å². The van der Waals surface area contributed by atoms with Gasteiger partial charge < -0.3 is 5.32 Å². The number of aryl methyl sites for hydroxylation is 1. The maximum absolute atomic E-state index is 12.7. The third kappa shape index (κ3) is 5.14. The van der Waals surface area contributed by atoms with Gasteiger partial charge in [0.15, 0.2) is 0 Å². The van der Waals surface area contributed by atoms with Crippen molar-refractivity contribution in [3.63, 3.8) is 0 Å². The number of amides is 2. The van der Waals surface area contributed by atoms with Crippen LogP contribution in [0.1, 0.15) is 60.1 Å². The highest BCUT2D eigenvalue weighted by molar-refractivity contribution is 8.00. The largest absolute Gasteiger partial charge is 0.322 e. The number of anilines is 2. The Morgan fingerprint density at radius 3 is 2.18 bits per heavy atom. The molecule has 4 nitrogen and oxygen atoms in total. The standard InChI is InChI=1S/C28H30N2O2S/c1-5-19-6-8-20(9-7-19)26(32)29-23-14-10-21(11-15-23)27-30(25(31)18-33-27)24-16-12-22(13-17-24)28(2,3)4/h6-17,27H,5,18H2,1-4H3,(H,29,32)/t27-/m0/s1. The molecule has 1 aliphatic rings. The van der Waals surface area contributed by atoms with Gasteiger partial charge in [0.25, 0.3) is 5.91 Å². The highest BCUT2D eigenvalue weighted by Gasteiger charge is 2.34. The van der Waals surface area contributed by atoms with Crippen molar-refractivity contribution in [2.24, 2.45) is 0 Å². The molecule has 0 aliphatic carbocycles. The van der Waals surface area contributed by atoms with Crippen LogP contribution in [0.3, 0.4) is 0 Å². The summed E-state index contributed by atoms with van der Waals surface area (Å²) in [6.07, 6.45) is 0.947. The Hall–Kier alpha value is -3.05. The van der Waals surface area contributed by atoms with Gasteiger partial charge in [-0.2, -0.15) is 0 Å². The molecular formula is C28H30N2O2S. The number of carbonyl (C=O) groups excluding carboxylic acids is 2. The fraction of sp³-hybridized carbons (Fsp3) is 0.286. The molecule has 1 fully saturated rings. The molecular weight excluding hydrogens is 428 g/mol. The minimum atomic E-state index is -0.128. The van der Waals surface area contributed by atoms with Crippen molar-refractivity contribution in [1.82, 2.24) is 0 Å². The molecule has 1 heterocycles. The first-order valence-electron chi connectivity index (χ1n) is 11.3. The lowest BCUT2D eigenvalue weighted by molar-refractivity contribution is -0.115. The van der Waals surface area contributed by atoms with Crippen LogP contribution in [0.25, 0.3) is 0 Å². The van der Waals surface area contributed by atoms with Gasteiger partial charge in [-0.25, -0.2) is 0 Å². The second kappa shape index (κ2) is 9.44. The van der Waals surface area contributed by atoms with E-state index in [1.165, 1.54) is 11.1 Å². The van der Waals surface area contributed by atoms with Gasteiger partial charge in [0, 0.05) is 16.9 Å². The van der Waals surface area contributed by atoms with E-state index < -0.39 is 0 Å². The number of thioether (sulfide) groups is 1. The zero-order chi connectivity index (χ0) is 23.6. The first-order chi connectivity index (χ1) is 15.8. The Bertz CT molecular complexity index is 1130. The Morgan fingerprint density at radius 2 is 1.61 bits per heavy atom. The van der Waals surface area contributed by atoms with E-state index in [4.69, 9.17) is 0 Å². The first-order valence-corrected chi connectivity index (χ1v) is 12.4. The van der Waals surface area contributed by atoms with Crippen molar-refractivity contribution in [3.05, 3.63) is 95.1 Å². The molecule has 0 spiro atoms. The van der Waals surface area contributed by atoms with Gasteiger partial charge in [0.1, 0.15) is 5.37 Å². The van der Waals surface area contributed by atoms with Crippen molar-refractivity contribution in [3.8, 4) is 0 Å². The van der Waals surface area contributed by atoms with Crippen molar-refractivity contribution < 1.29 is 9.59 Å². The number of hydrogen-bond donors (Lipinski definition) is 1. The maximum atomic E-state index is 12.7. The SMILES string of the molecule is CCc1ccc(C(=O)Nc2ccc([C@@H]3SCC(=O)N3c3ccc(C(C)(C)C)cc3)cc2)cc1. The lowest BCUT2D eigenvalue weighted by Gasteiger charge is -2.26. The number of benzene rings is 3. The number of nitrogens with one attached hydrogen (secondary N) is 1. The van der Waals surface area contributed by atoms with Crippen molar-refractivity contribution in [1.29, 1.82) is 0 Å². The predicted molar refractivity (Wildman–Crippen MR) is 138 cm³/mol. The number of nitrogens with zero attached hydrogens (tertiary/aromatic N) is 1. The van der Waals surface area contributed by atoms with Crippen molar-refractivity contribution in [2.45, 2.75) is 44.9 Å². The summed E-state index contributed by atoms with van der Waals surface area (Å²) in [5.74, 6) is 0.440. The molecule has 3 aromatic rings. The molecule has 1 N–H and O–H groups in total. The van der Waals surface area contributed by atoms with Crippen molar-refractivity contribution in [2.75, 3.05) is 16.0 Å². The van der Waals surface area contributed by atoms with Crippen LogP contribution in [-0.2, 0) is 16.6 Å². The topological polar surface area (TPSA) is 49.4 Å². The summed E-state index contributed by atoms with van der Waals surface area (Å²) < 4.78 is 0. The third-order valence-electron chi connectivity index (χ3n) is 5.96. The summed E-state index contributed by atoms with van der Waals surface area (Å²) in [6.45, 7) is 8.64. The Morgan fingerprint density at radius 1 is 0.970 bits per heavy atom. The summed E-state index contributed by atoms with van der Waals surface area (Å²) in [4.78, 5) is 27.1. The predicted octanol–water partition coefficient (Wildman–Crippen LogP) is 6.58. The molecule has 1 atom stereocenters. The average molecular weight is 459 g/mol. The summed E-state index contributed by atoms with van der Waals surface area (Å²) >= 11 is 1.63. The Labute approximate surface area is 200 Å².